The van der Waals surface area contributed by atoms with Crippen LogP contribution >= 0.6 is 0 Å². The molecule has 2 rings (SSSR count). The largest absolute Gasteiger partial charge is 0.493 e. The molecule has 8 nitrogen and oxygen atoms in total. The first-order chi connectivity index (χ1) is 14.5. The summed E-state index contributed by atoms with van der Waals surface area (Å²) < 4.78 is 26.1. The van der Waals surface area contributed by atoms with Crippen LogP contribution in [0.25, 0.3) is 0 Å². The molecule has 8 heteroatoms. The minimum absolute atomic E-state index is 0.267. The van der Waals surface area contributed by atoms with E-state index in [0.717, 1.165) is 5.56 Å². The summed E-state index contributed by atoms with van der Waals surface area (Å²) in [7, 11) is 6.10. The van der Waals surface area contributed by atoms with Gasteiger partial charge in [0.2, 0.25) is 0 Å². The lowest BCUT2D eigenvalue weighted by molar-refractivity contribution is -0.134. The third kappa shape index (κ3) is 5.56. The van der Waals surface area contributed by atoms with E-state index in [1.807, 2.05) is 19.1 Å². The van der Waals surface area contributed by atoms with Gasteiger partial charge in [0, 0.05) is 13.1 Å². The van der Waals surface area contributed by atoms with E-state index in [1.54, 1.807) is 37.3 Å². The highest BCUT2D eigenvalue weighted by atomic mass is 16.5. The van der Waals surface area contributed by atoms with Crippen LogP contribution in [-0.4, -0.2) is 58.4 Å². The number of rotatable bonds is 10. The van der Waals surface area contributed by atoms with Crippen molar-refractivity contribution in [3.05, 3.63) is 47.5 Å². The normalized spacial score (nSPS) is 10.2. The SMILES string of the molecule is CCN(Cc1ccc(OC)c(OC)c1)C(=O)COC(=O)c1ccc(OC)c(OC)c1. The third-order valence-electron chi connectivity index (χ3n) is 4.50. The molecule has 162 valence electrons. The molecule has 0 radical (unpaired) electrons. The van der Waals surface area contributed by atoms with Gasteiger partial charge in [-0.25, -0.2) is 4.79 Å². The molecule has 1 amide bonds. The molecule has 0 aliphatic heterocycles. The number of ether oxygens (including phenoxy) is 5. The van der Waals surface area contributed by atoms with E-state index in [2.05, 4.69) is 0 Å². The average Bonchev–Trinajstić information content (AvgIpc) is 2.79. The lowest BCUT2D eigenvalue weighted by Gasteiger charge is -2.21. The van der Waals surface area contributed by atoms with E-state index in [4.69, 9.17) is 23.7 Å². The van der Waals surface area contributed by atoms with Crippen molar-refractivity contribution in [3.8, 4) is 23.0 Å². The molecule has 0 unspecified atom stereocenters. The molecule has 0 fully saturated rings. The maximum Gasteiger partial charge on any atom is 0.338 e. The molecule has 0 atom stereocenters. The fourth-order valence-electron chi connectivity index (χ4n) is 2.84. The summed E-state index contributed by atoms with van der Waals surface area (Å²) in [6, 6.07) is 10.1. The van der Waals surface area contributed by atoms with Gasteiger partial charge in [-0.2, -0.15) is 0 Å². The van der Waals surface area contributed by atoms with Crippen LogP contribution in [0.15, 0.2) is 36.4 Å². The smallest absolute Gasteiger partial charge is 0.338 e. The van der Waals surface area contributed by atoms with Gasteiger partial charge < -0.3 is 28.6 Å². The minimum atomic E-state index is -0.619. The fraction of sp³-hybridized carbons (Fsp3) is 0.364. The maximum absolute atomic E-state index is 12.6. The fourth-order valence-corrected chi connectivity index (χ4v) is 2.84. The van der Waals surface area contributed by atoms with Crippen molar-refractivity contribution in [3.63, 3.8) is 0 Å². The first-order valence-corrected chi connectivity index (χ1v) is 9.35. The van der Waals surface area contributed by atoms with Gasteiger partial charge in [0.1, 0.15) is 0 Å². The Labute approximate surface area is 176 Å². The second-order valence-corrected chi connectivity index (χ2v) is 6.24. The Balaban J connectivity index is 2.01. The monoisotopic (exact) mass is 417 g/mol. The Kier molecular flexibility index (Phi) is 8.34. The maximum atomic E-state index is 12.6. The zero-order valence-corrected chi connectivity index (χ0v) is 17.9. The number of nitrogens with zero attached hydrogens (tertiary/aromatic N) is 1. The molecule has 0 saturated carbocycles. The summed E-state index contributed by atoms with van der Waals surface area (Å²) in [5, 5.41) is 0. The van der Waals surface area contributed by atoms with E-state index in [-0.39, 0.29) is 18.1 Å². The van der Waals surface area contributed by atoms with Crippen LogP contribution in [0.3, 0.4) is 0 Å². The van der Waals surface area contributed by atoms with Crippen molar-refractivity contribution in [1.82, 2.24) is 4.90 Å². The van der Waals surface area contributed by atoms with Crippen molar-refractivity contribution in [1.29, 1.82) is 0 Å². The molecule has 0 bridgehead atoms. The van der Waals surface area contributed by atoms with E-state index in [0.29, 0.717) is 36.1 Å². The second kappa shape index (κ2) is 10.9. The first-order valence-electron chi connectivity index (χ1n) is 9.35. The molecule has 2 aromatic carbocycles. The van der Waals surface area contributed by atoms with Gasteiger partial charge in [-0.3, -0.25) is 4.79 Å². The standard InChI is InChI=1S/C22H27NO7/c1-6-23(13-15-7-9-17(26-2)19(11-15)28-4)21(24)14-30-22(25)16-8-10-18(27-3)20(12-16)29-5/h7-12H,6,13-14H2,1-5H3. The highest BCUT2D eigenvalue weighted by Gasteiger charge is 2.18. The predicted octanol–water partition coefficient (Wildman–Crippen LogP) is 2.93. The van der Waals surface area contributed by atoms with Gasteiger partial charge in [-0.1, -0.05) is 6.07 Å². The van der Waals surface area contributed by atoms with Crippen LogP contribution in [0.2, 0.25) is 0 Å². The van der Waals surface area contributed by atoms with Crippen LogP contribution in [-0.2, 0) is 16.1 Å². The topological polar surface area (TPSA) is 83.5 Å². The van der Waals surface area contributed by atoms with Gasteiger partial charge >= 0.3 is 5.97 Å². The number of hydrogen-bond acceptors (Lipinski definition) is 7. The number of esters is 1. The van der Waals surface area contributed by atoms with E-state index in [9.17, 15) is 9.59 Å². The minimum Gasteiger partial charge on any atom is -0.493 e. The van der Waals surface area contributed by atoms with Gasteiger partial charge in [-0.05, 0) is 42.8 Å². The Morgan fingerprint density at radius 1 is 0.800 bits per heavy atom. The Hall–Kier alpha value is -3.42. The highest BCUT2D eigenvalue weighted by Crippen LogP contribution is 2.29. The van der Waals surface area contributed by atoms with Crippen LogP contribution in [0.1, 0.15) is 22.8 Å². The summed E-state index contributed by atoms with van der Waals surface area (Å²) in [5.41, 5.74) is 1.14. The second-order valence-electron chi connectivity index (χ2n) is 6.24. The van der Waals surface area contributed by atoms with Crippen LogP contribution < -0.4 is 18.9 Å². The van der Waals surface area contributed by atoms with Crippen molar-refractivity contribution in [2.24, 2.45) is 0 Å². The van der Waals surface area contributed by atoms with Crippen LogP contribution in [0.4, 0.5) is 0 Å². The Bertz CT molecular complexity index is 882. The number of amides is 1. The molecule has 0 aromatic heterocycles. The van der Waals surface area contributed by atoms with Crippen molar-refractivity contribution in [2.45, 2.75) is 13.5 Å². The van der Waals surface area contributed by atoms with E-state index >= 15 is 0 Å². The van der Waals surface area contributed by atoms with Crippen LogP contribution in [0, 0.1) is 0 Å². The lowest BCUT2D eigenvalue weighted by Crippen LogP contribution is -2.34. The van der Waals surface area contributed by atoms with E-state index < -0.39 is 5.97 Å². The molecule has 30 heavy (non-hydrogen) atoms. The Morgan fingerprint density at radius 2 is 1.37 bits per heavy atom. The van der Waals surface area contributed by atoms with Crippen LogP contribution in [0.5, 0.6) is 23.0 Å². The number of hydrogen-bond donors (Lipinski definition) is 0. The molecular formula is C22H27NO7. The third-order valence-corrected chi connectivity index (χ3v) is 4.50. The average molecular weight is 417 g/mol. The number of benzene rings is 2. The van der Waals surface area contributed by atoms with Crippen molar-refractivity contribution >= 4 is 11.9 Å². The molecule has 2 aromatic rings. The quantitative estimate of drug-likeness (QED) is 0.550. The molecule has 0 saturated heterocycles. The van der Waals surface area contributed by atoms with Crippen molar-refractivity contribution in [2.75, 3.05) is 41.6 Å². The van der Waals surface area contributed by atoms with Gasteiger partial charge in [-0.15, -0.1) is 0 Å². The first kappa shape index (κ1) is 22.9. The molecule has 0 N–H and O–H groups in total. The zero-order valence-electron chi connectivity index (χ0n) is 17.9. The summed E-state index contributed by atoms with van der Waals surface area (Å²) in [5.74, 6) is 1.17. The molecular weight excluding hydrogens is 390 g/mol. The predicted molar refractivity (Wildman–Crippen MR) is 110 cm³/mol. The summed E-state index contributed by atoms with van der Waals surface area (Å²) in [4.78, 5) is 26.5. The van der Waals surface area contributed by atoms with Gasteiger partial charge in [0.05, 0.1) is 34.0 Å². The number of methoxy groups -OCH3 is 4. The van der Waals surface area contributed by atoms with E-state index in [1.165, 1.54) is 20.3 Å². The number of carbonyl (C=O) groups excluding carboxylic acids is 2. The molecule has 0 aliphatic rings. The summed E-state index contributed by atoms with van der Waals surface area (Å²) >= 11 is 0. The van der Waals surface area contributed by atoms with Gasteiger partial charge in [0.25, 0.3) is 5.91 Å². The Morgan fingerprint density at radius 3 is 1.93 bits per heavy atom. The highest BCUT2D eigenvalue weighted by molar-refractivity contribution is 5.92. The molecule has 0 spiro atoms. The van der Waals surface area contributed by atoms with Crippen molar-refractivity contribution < 1.29 is 33.3 Å². The molecule has 0 heterocycles. The lowest BCUT2D eigenvalue weighted by atomic mass is 10.2. The zero-order chi connectivity index (χ0) is 22.1. The summed E-state index contributed by atoms with van der Waals surface area (Å²) in [6.07, 6.45) is 0. The van der Waals surface area contributed by atoms with Gasteiger partial charge in [0.15, 0.2) is 29.6 Å². The number of likely N-dealkylation sites (N-methyl/N-ethyl adjacent to an activating group) is 1. The molecule has 0 aliphatic carbocycles. The summed E-state index contributed by atoms with van der Waals surface area (Å²) in [6.45, 7) is 2.30. The number of carbonyl (C=O) groups is 2.